The van der Waals surface area contributed by atoms with E-state index in [-0.39, 0.29) is 18.1 Å². The highest BCUT2D eigenvalue weighted by molar-refractivity contribution is 7.18. The maximum absolute atomic E-state index is 13.1. The van der Waals surface area contributed by atoms with Crippen LogP contribution >= 0.6 is 11.3 Å². The molecule has 0 unspecified atom stereocenters. The second kappa shape index (κ2) is 7.52. The van der Waals surface area contributed by atoms with Crippen molar-refractivity contribution in [2.45, 2.75) is 39.0 Å². The van der Waals surface area contributed by atoms with Gasteiger partial charge in [0.2, 0.25) is 0 Å². The third-order valence-corrected chi connectivity index (χ3v) is 5.91. The fraction of sp³-hybridized carbons (Fsp3) is 0.350. The summed E-state index contributed by atoms with van der Waals surface area (Å²) in [6.45, 7) is 1.75. The van der Waals surface area contributed by atoms with Gasteiger partial charge in [-0.2, -0.15) is 0 Å². The monoisotopic (exact) mass is 383 g/mol. The molecule has 3 aromatic rings. The zero-order valence-corrected chi connectivity index (χ0v) is 16.0. The van der Waals surface area contributed by atoms with Crippen molar-refractivity contribution in [3.8, 4) is 5.75 Å². The number of hydrogen-bond donors (Lipinski definition) is 1. The van der Waals surface area contributed by atoms with Gasteiger partial charge in [-0.1, -0.05) is 25.1 Å². The number of aryl methyl sites for hydroxylation is 3. The predicted octanol–water partition coefficient (Wildman–Crippen LogP) is 3.05. The van der Waals surface area contributed by atoms with Gasteiger partial charge < -0.3 is 4.74 Å². The molecule has 0 saturated carbocycles. The number of hydrogen-bond acceptors (Lipinski definition) is 5. The summed E-state index contributed by atoms with van der Waals surface area (Å²) in [6, 6.07) is 9.11. The molecule has 4 rings (SSSR count). The smallest absolute Gasteiger partial charge is 0.281 e. The van der Waals surface area contributed by atoms with Crippen LogP contribution in [-0.4, -0.2) is 22.2 Å². The van der Waals surface area contributed by atoms with Crippen LogP contribution in [0.4, 0.5) is 0 Å². The zero-order chi connectivity index (χ0) is 18.8. The number of carbonyl (C=O) groups excluding carboxylic acids is 1. The lowest BCUT2D eigenvalue weighted by Crippen LogP contribution is -2.38. The highest BCUT2D eigenvalue weighted by atomic mass is 32.1. The van der Waals surface area contributed by atoms with Crippen LogP contribution in [0.5, 0.6) is 5.75 Å². The first-order chi connectivity index (χ1) is 13.2. The van der Waals surface area contributed by atoms with E-state index in [2.05, 4.69) is 10.4 Å². The number of nitrogens with zero attached hydrogens (tertiary/aromatic N) is 2. The predicted molar refractivity (Wildman–Crippen MR) is 106 cm³/mol. The molecule has 1 aromatic carbocycles. The zero-order valence-electron chi connectivity index (χ0n) is 15.2. The Labute approximate surface area is 160 Å². The van der Waals surface area contributed by atoms with Crippen LogP contribution in [-0.2, 0) is 24.1 Å². The normalized spacial score (nSPS) is 13.4. The van der Waals surface area contributed by atoms with Gasteiger partial charge in [-0.15, -0.1) is 11.3 Å². The Hall–Kier alpha value is -2.67. The van der Waals surface area contributed by atoms with Gasteiger partial charge in [0.05, 0.1) is 5.39 Å². The topological polar surface area (TPSA) is 73.2 Å². The SMILES string of the molecule is CCc1nc2sc3c(c2c(=O)n1NC(=O)COc1ccccc1)CCCC3. The minimum Gasteiger partial charge on any atom is -0.484 e. The summed E-state index contributed by atoms with van der Waals surface area (Å²) in [7, 11) is 0. The van der Waals surface area contributed by atoms with Gasteiger partial charge in [-0.25, -0.2) is 9.66 Å². The van der Waals surface area contributed by atoms with Crippen LogP contribution < -0.4 is 15.7 Å². The van der Waals surface area contributed by atoms with Crippen LogP contribution in [0, 0.1) is 0 Å². The van der Waals surface area contributed by atoms with Gasteiger partial charge in [0, 0.05) is 11.3 Å². The van der Waals surface area contributed by atoms with Crippen molar-refractivity contribution in [2.75, 3.05) is 12.0 Å². The van der Waals surface area contributed by atoms with Crippen LogP contribution in [0.25, 0.3) is 10.2 Å². The number of fused-ring (bicyclic) bond motifs is 3. The lowest BCUT2D eigenvalue weighted by molar-refractivity contribution is -0.119. The van der Waals surface area contributed by atoms with Crippen molar-refractivity contribution in [1.82, 2.24) is 9.66 Å². The molecule has 0 bridgehead atoms. The van der Waals surface area contributed by atoms with E-state index in [9.17, 15) is 9.59 Å². The Bertz CT molecular complexity index is 1040. The summed E-state index contributed by atoms with van der Waals surface area (Å²) < 4.78 is 6.76. The first-order valence-corrected chi connectivity index (χ1v) is 10.0. The van der Waals surface area contributed by atoms with E-state index in [0.717, 1.165) is 36.1 Å². The molecular weight excluding hydrogens is 362 g/mol. The Balaban J connectivity index is 1.63. The minimum atomic E-state index is -0.388. The molecule has 1 N–H and O–H groups in total. The number of aromatic nitrogens is 2. The largest absolute Gasteiger partial charge is 0.484 e. The summed E-state index contributed by atoms with van der Waals surface area (Å²) in [6.07, 6.45) is 4.71. The van der Waals surface area contributed by atoms with Crippen molar-refractivity contribution >= 4 is 27.5 Å². The molecule has 2 aromatic heterocycles. The van der Waals surface area contributed by atoms with Crippen LogP contribution in [0.1, 0.15) is 36.0 Å². The third-order valence-electron chi connectivity index (χ3n) is 4.72. The van der Waals surface area contributed by atoms with Crippen molar-refractivity contribution in [1.29, 1.82) is 0 Å². The number of carbonyl (C=O) groups is 1. The third kappa shape index (κ3) is 3.47. The summed E-state index contributed by atoms with van der Waals surface area (Å²) in [5.41, 5.74) is 3.60. The van der Waals surface area contributed by atoms with E-state index < -0.39 is 0 Å². The van der Waals surface area contributed by atoms with Crippen LogP contribution in [0.2, 0.25) is 0 Å². The Morgan fingerprint density at radius 3 is 2.81 bits per heavy atom. The van der Waals surface area contributed by atoms with E-state index in [4.69, 9.17) is 4.74 Å². The standard InChI is InChI=1S/C20H21N3O3S/c1-2-16-21-19-18(14-10-6-7-11-15(14)27-19)20(25)23(16)22-17(24)12-26-13-8-4-3-5-9-13/h3-5,8-9H,2,6-7,10-12H2,1H3,(H,22,24). The molecule has 1 aliphatic rings. The van der Waals surface area contributed by atoms with Crippen molar-refractivity contribution in [2.24, 2.45) is 0 Å². The number of thiophene rings is 1. The Morgan fingerprint density at radius 1 is 1.26 bits per heavy atom. The second-order valence-electron chi connectivity index (χ2n) is 6.55. The van der Waals surface area contributed by atoms with E-state index in [1.165, 1.54) is 9.55 Å². The molecule has 0 spiro atoms. The van der Waals surface area contributed by atoms with Crippen molar-refractivity contribution in [3.05, 3.63) is 57.0 Å². The molecule has 0 aliphatic heterocycles. The minimum absolute atomic E-state index is 0.167. The van der Waals surface area contributed by atoms with E-state index in [0.29, 0.717) is 23.4 Å². The summed E-state index contributed by atoms with van der Waals surface area (Å²) in [5.74, 6) is 0.774. The fourth-order valence-electron chi connectivity index (χ4n) is 3.42. The van der Waals surface area contributed by atoms with Gasteiger partial charge >= 0.3 is 0 Å². The van der Waals surface area contributed by atoms with Crippen molar-refractivity contribution in [3.63, 3.8) is 0 Å². The first kappa shape index (κ1) is 17.7. The highest BCUT2D eigenvalue weighted by Gasteiger charge is 2.22. The number of nitrogens with one attached hydrogen (secondary N) is 1. The van der Waals surface area contributed by atoms with Crippen LogP contribution in [0.3, 0.4) is 0 Å². The Morgan fingerprint density at radius 2 is 2.04 bits per heavy atom. The number of para-hydroxylation sites is 1. The molecule has 7 heteroatoms. The molecule has 2 heterocycles. The molecule has 1 amide bonds. The molecule has 6 nitrogen and oxygen atoms in total. The van der Waals surface area contributed by atoms with E-state index in [1.54, 1.807) is 23.5 Å². The summed E-state index contributed by atoms with van der Waals surface area (Å²) >= 11 is 1.62. The first-order valence-electron chi connectivity index (χ1n) is 9.21. The molecule has 0 fully saturated rings. The van der Waals surface area contributed by atoms with Crippen molar-refractivity contribution < 1.29 is 9.53 Å². The summed E-state index contributed by atoms with van der Waals surface area (Å²) in [5, 5.41) is 0.663. The second-order valence-corrected chi connectivity index (χ2v) is 7.63. The van der Waals surface area contributed by atoms with Gasteiger partial charge in [-0.05, 0) is 43.4 Å². The van der Waals surface area contributed by atoms with Gasteiger partial charge in [0.1, 0.15) is 16.4 Å². The molecular formula is C20H21N3O3S. The molecule has 0 radical (unpaired) electrons. The lowest BCUT2D eigenvalue weighted by atomic mass is 9.97. The maximum atomic E-state index is 13.1. The Kier molecular flexibility index (Phi) is 4.94. The van der Waals surface area contributed by atoms with Gasteiger partial charge in [-0.3, -0.25) is 15.0 Å². The quantitative estimate of drug-likeness (QED) is 0.735. The fourth-order valence-corrected chi connectivity index (χ4v) is 4.69. The van der Waals surface area contributed by atoms with E-state index in [1.807, 2.05) is 25.1 Å². The average molecular weight is 383 g/mol. The molecule has 1 aliphatic carbocycles. The highest BCUT2D eigenvalue weighted by Crippen LogP contribution is 2.33. The molecule has 0 atom stereocenters. The van der Waals surface area contributed by atoms with Gasteiger partial charge in [0.25, 0.3) is 11.5 Å². The van der Waals surface area contributed by atoms with Crippen LogP contribution in [0.15, 0.2) is 35.1 Å². The number of ether oxygens (including phenoxy) is 1. The maximum Gasteiger partial charge on any atom is 0.281 e. The summed E-state index contributed by atoms with van der Waals surface area (Å²) in [4.78, 5) is 32.2. The van der Waals surface area contributed by atoms with E-state index >= 15 is 0 Å². The lowest BCUT2D eigenvalue weighted by Gasteiger charge is -2.14. The molecule has 140 valence electrons. The van der Waals surface area contributed by atoms with Gasteiger partial charge in [0.15, 0.2) is 6.61 Å². The number of amides is 1. The average Bonchev–Trinajstić information content (AvgIpc) is 3.07. The molecule has 0 saturated heterocycles. The molecule has 27 heavy (non-hydrogen) atoms. The number of benzene rings is 1. The number of rotatable bonds is 5.